The fourth-order valence-electron chi connectivity index (χ4n) is 4.92. The number of rotatable bonds is 8. The molecule has 4 heterocycles. The lowest BCUT2D eigenvalue weighted by molar-refractivity contribution is -0.117. The Labute approximate surface area is 208 Å². The van der Waals surface area contributed by atoms with Gasteiger partial charge in [-0.15, -0.1) is 0 Å². The van der Waals surface area contributed by atoms with Crippen LogP contribution in [0.5, 0.6) is 5.75 Å². The van der Waals surface area contributed by atoms with Crippen LogP contribution in [0.1, 0.15) is 22.7 Å². The maximum absolute atomic E-state index is 12.6. The Hall–Kier alpha value is -4.36. The largest absolute Gasteiger partial charge is 0.490 e. The summed E-state index contributed by atoms with van der Waals surface area (Å²) in [4.78, 5) is 23.5. The van der Waals surface area contributed by atoms with E-state index in [0.717, 1.165) is 33.6 Å². The topological polar surface area (TPSA) is 109 Å². The van der Waals surface area contributed by atoms with Gasteiger partial charge in [0.15, 0.2) is 0 Å². The summed E-state index contributed by atoms with van der Waals surface area (Å²) in [6.07, 6.45) is 8.75. The summed E-state index contributed by atoms with van der Waals surface area (Å²) in [6.45, 7) is 0.380. The summed E-state index contributed by atoms with van der Waals surface area (Å²) >= 11 is 0. The number of nitrogens with two attached hydrogens (primary N) is 1. The summed E-state index contributed by atoms with van der Waals surface area (Å²) < 4.78 is 6.02. The molecule has 36 heavy (non-hydrogen) atoms. The average Bonchev–Trinajstić information content (AvgIpc) is 3.63. The molecule has 0 fully saturated rings. The Kier molecular flexibility index (Phi) is 5.75. The molecule has 1 aliphatic heterocycles. The number of ether oxygens (including phenoxy) is 1. The smallest absolute Gasteiger partial charge is 0.232 e. The second-order valence-electron chi connectivity index (χ2n) is 9.29. The number of hydrogen-bond acceptors (Lipinski definition) is 4. The molecule has 6 rings (SSSR count). The molecule has 0 bridgehead atoms. The SMILES string of the molecule is N[C@H](COc1cncc(-c2ccc3c(c2)C(Cc2ccc[nH]2)C(=O)N3)c1)Cc1c[nH]c2ccccc12. The third-order valence-corrected chi connectivity index (χ3v) is 6.76. The van der Waals surface area contributed by atoms with Crippen molar-refractivity contribution in [1.82, 2.24) is 15.0 Å². The number of nitrogens with one attached hydrogen (secondary N) is 3. The molecule has 2 aromatic carbocycles. The van der Waals surface area contributed by atoms with Gasteiger partial charge in [0.05, 0.1) is 12.1 Å². The molecule has 2 atom stereocenters. The number of nitrogens with zero attached hydrogens (tertiary/aromatic N) is 1. The number of benzene rings is 2. The highest BCUT2D eigenvalue weighted by Crippen LogP contribution is 2.37. The molecular formula is C29H27N5O2. The van der Waals surface area contributed by atoms with Gasteiger partial charge in [-0.2, -0.15) is 0 Å². The third-order valence-electron chi connectivity index (χ3n) is 6.76. The van der Waals surface area contributed by atoms with Crippen LogP contribution in [0.15, 0.2) is 85.5 Å². The molecule has 0 radical (unpaired) electrons. The van der Waals surface area contributed by atoms with Crippen molar-refractivity contribution in [3.8, 4) is 16.9 Å². The Morgan fingerprint density at radius 2 is 1.92 bits per heavy atom. The fourth-order valence-corrected chi connectivity index (χ4v) is 4.92. The first-order valence-electron chi connectivity index (χ1n) is 12.1. The summed E-state index contributed by atoms with van der Waals surface area (Å²) in [5.74, 6) is 0.462. The van der Waals surface area contributed by atoms with Crippen molar-refractivity contribution in [2.75, 3.05) is 11.9 Å². The lowest BCUT2D eigenvalue weighted by Crippen LogP contribution is -2.30. The van der Waals surface area contributed by atoms with Gasteiger partial charge in [0, 0.05) is 58.9 Å². The molecule has 0 spiro atoms. The quantitative estimate of drug-likeness (QED) is 0.258. The maximum Gasteiger partial charge on any atom is 0.232 e. The summed E-state index contributed by atoms with van der Waals surface area (Å²) in [5.41, 5.74) is 13.5. The average molecular weight is 478 g/mol. The van der Waals surface area contributed by atoms with E-state index < -0.39 is 0 Å². The third kappa shape index (κ3) is 4.36. The first-order valence-corrected chi connectivity index (χ1v) is 12.1. The van der Waals surface area contributed by atoms with Crippen LogP contribution in [-0.4, -0.2) is 33.5 Å². The molecule has 5 N–H and O–H groups in total. The van der Waals surface area contributed by atoms with E-state index >= 15 is 0 Å². The van der Waals surface area contributed by atoms with Crippen LogP contribution in [0.25, 0.3) is 22.0 Å². The molecule has 0 saturated carbocycles. The zero-order valence-corrected chi connectivity index (χ0v) is 19.7. The Balaban J connectivity index is 1.16. The number of fused-ring (bicyclic) bond motifs is 2. The second-order valence-corrected chi connectivity index (χ2v) is 9.29. The van der Waals surface area contributed by atoms with Gasteiger partial charge >= 0.3 is 0 Å². The lowest BCUT2D eigenvalue weighted by atomic mass is 9.93. The van der Waals surface area contributed by atoms with Crippen LogP contribution in [0.2, 0.25) is 0 Å². The Morgan fingerprint density at radius 1 is 1.00 bits per heavy atom. The number of hydrogen-bond donors (Lipinski definition) is 4. The van der Waals surface area contributed by atoms with E-state index in [1.807, 2.05) is 61.1 Å². The van der Waals surface area contributed by atoms with Gasteiger partial charge < -0.3 is 25.8 Å². The van der Waals surface area contributed by atoms with Crippen molar-refractivity contribution < 1.29 is 9.53 Å². The maximum atomic E-state index is 12.6. The van der Waals surface area contributed by atoms with Gasteiger partial charge in [0.2, 0.25) is 5.91 Å². The molecule has 1 aliphatic rings. The van der Waals surface area contributed by atoms with Crippen LogP contribution in [0.3, 0.4) is 0 Å². The number of aromatic nitrogens is 3. The lowest BCUT2D eigenvalue weighted by Gasteiger charge is -2.14. The number of anilines is 1. The molecule has 180 valence electrons. The van der Waals surface area contributed by atoms with Crippen molar-refractivity contribution in [2.24, 2.45) is 5.73 Å². The number of amides is 1. The predicted molar refractivity (Wildman–Crippen MR) is 141 cm³/mol. The van der Waals surface area contributed by atoms with Crippen molar-refractivity contribution in [3.05, 3.63) is 102 Å². The molecule has 7 heteroatoms. The molecule has 5 aromatic rings. The van der Waals surface area contributed by atoms with Crippen LogP contribution in [0.4, 0.5) is 5.69 Å². The molecule has 7 nitrogen and oxygen atoms in total. The zero-order valence-electron chi connectivity index (χ0n) is 19.7. The molecule has 1 unspecified atom stereocenters. The van der Waals surface area contributed by atoms with Crippen LogP contribution in [-0.2, 0) is 17.6 Å². The highest BCUT2D eigenvalue weighted by Gasteiger charge is 2.31. The number of carbonyl (C=O) groups is 1. The summed E-state index contributed by atoms with van der Waals surface area (Å²) in [6, 6.07) is 20.0. The predicted octanol–water partition coefficient (Wildman–Crippen LogP) is 4.79. The van der Waals surface area contributed by atoms with E-state index in [1.54, 1.807) is 6.20 Å². The zero-order chi connectivity index (χ0) is 24.5. The molecule has 0 saturated heterocycles. The van der Waals surface area contributed by atoms with Crippen molar-refractivity contribution in [1.29, 1.82) is 0 Å². The van der Waals surface area contributed by atoms with Gasteiger partial charge in [-0.1, -0.05) is 24.3 Å². The molecule has 1 amide bonds. The van der Waals surface area contributed by atoms with Crippen LogP contribution < -0.4 is 15.8 Å². The minimum Gasteiger partial charge on any atom is -0.490 e. The standard InChI is InChI=1S/C29H27N5O2/c30-21(10-20-15-33-27-6-2-1-5-24(20)27)17-36-23-11-19(14-31-16-23)18-7-8-28-25(12-18)26(29(35)34-28)13-22-4-3-9-32-22/h1-9,11-12,14-16,21,26,32-33H,10,13,17,30H2,(H,34,35)/t21-,26?/m0/s1. The van der Waals surface area contributed by atoms with Gasteiger partial charge in [-0.05, 0) is 59.5 Å². The van der Waals surface area contributed by atoms with Crippen molar-refractivity contribution in [2.45, 2.75) is 24.8 Å². The van der Waals surface area contributed by atoms with Gasteiger partial charge in [-0.3, -0.25) is 9.78 Å². The number of aromatic amines is 2. The highest BCUT2D eigenvalue weighted by molar-refractivity contribution is 6.03. The number of H-pyrrole nitrogens is 2. The summed E-state index contributed by atoms with van der Waals surface area (Å²) in [7, 11) is 0. The number of pyridine rings is 1. The van der Waals surface area contributed by atoms with Gasteiger partial charge in [0.1, 0.15) is 12.4 Å². The van der Waals surface area contributed by atoms with Gasteiger partial charge in [-0.25, -0.2) is 0 Å². The monoisotopic (exact) mass is 477 g/mol. The highest BCUT2D eigenvalue weighted by atomic mass is 16.5. The first kappa shape index (κ1) is 22.1. The molecular weight excluding hydrogens is 450 g/mol. The van der Waals surface area contributed by atoms with Crippen molar-refractivity contribution in [3.63, 3.8) is 0 Å². The Bertz CT molecular complexity index is 1520. The summed E-state index contributed by atoms with van der Waals surface area (Å²) in [5, 5.41) is 4.19. The van der Waals surface area contributed by atoms with E-state index in [-0.39, 0.29) is 17.9 Å². The van der Waals surface area contributed by atoms with Crippen LogP contribution in [0, 0.1) is 0 Å². The molecule has 0 aliphatic carbocycles. The second kappa shape index (κ2) is 9.36. The number of para-hydroxylation sites is 1. The number of carbonyl (C=O) groups excluding carboxylic acids is 1. The normalized spacial score (nSPS) is 15.6. The Morgan fingerprint density at radius 3 is 2.81 bits per heavy atom. The fraction of sp³-hybridized carbons (Fsp3) is 0.172. The van der Waals surface area contributed by atoms with E-state index in [4.69, 9.17) is 10.5 Å². The van der Waals surface area contributed by atoms with E-state index in [9.17, 15) is 4.79 Å². The first-order chi connectivity index (χ1) is 17.6. The van der Waals surface area contributed by atoms with E-state index in [0.29, 0.717) is 25.2 Å². The minimum absolute atomic E-state index is 0.0242. The molecule has 3 aromatic heterocycles. The van der Waals surface area contributed by atoms with Gasteiger partial charge in [0.25, 0.3) is 0 Å². The van der Waals surface area contributed by atoms with E-state index in [2.05, 4.69) is 38.5 Å². The minimum atomic E-state index is -0.228. The van der Waals surface area contributed by atoms with E-state index in [1.165, 1.54) is 10.9 Å². The van der Waals surface area contributed by atoms with Crippen molar-refractivity contribution >= 4 is 22.5 Å². The van der Waals surface area contributed by atoms with Crippen LogP contribution >= 0.6 is 0 Å².